The molecule has 0 fully saturated rings. The van der Waals surface area contributed by atoms with Gasteiger partial charge in [-0.2, -0.15) is 0 Å². The fourth-order valence-electron chi connectivity index (χ4n) is 0.866. The lowest BCUT2D eigenvalue weighted by Crippen LogP contribution is -2.33. The molecule has 0 atom stereocenters. The second-order valence-electron chi connectivity index (χ2n) is 2.39. The average Bonchev–Trinajstić information content (AvgIpc) is 2.07. The van der Waals surface area contributed by atoms with Crippen molar-refractivity contribution in [3.8, 4) is 0 Å². The van der Waals surface area contributed by atoms with Gasteiger partial charge in [0.15, 0.2) is 6.29 Å². The number of rotatable bonds is 2. The van der Waals surface area contributed by atoms with E-state index in [0.29, 0.717) is 12.1 Å². The minimum absolute atomic E-state index is 0.145. The Balaban J connectivity index is 3.28. The van der Waals surface area contributed by atoms with E-state index in [9.17, 15) is 13.6 Å². The zero-order chi connectivity index (χ0) is 10.0. The molecule has 2 N–H and O–H groups in total. The van der Waals surface area contributed by atoms with Gasteiger partial charge in [-0.15, -0.1) is 0 Å². The molecule has 0 saturated carbocycles. The van der Waals surface area contributed by atoms with Crippen molar-refractivity contribution in [3.63, 3.8) is 0 Å². The van der Waals surface area contributed by atoms with Crippen LogP contribution in [-0.2, 0) is 0 Å². The van der Waals surface area contributed by atoms with Gasteiger partial charge >= 0.3 is 7.12 Å². The first-order valence-electron chi connectivity index (χ1n) is 3.36. The van der Waals surface area contributed by atoms with Crippen LogP contribution in [0.4, 0.5) is 8.78 Å². The summed E-state index contributed by atoms with van der Waals surface area (Å²) in [5.74, 6) is -2.02. The molecule has 13 heavy (non-hydrogen) atoms. The highest BCUT2D eigenvalue weighted by atomic mass is 19.1. The molecule has 1 rings (SSSR count). The van der Waals surface area contributed by atoms with Crippen LogP contribution in [0.25, 0.3) is 0 Å². The molecule has 0 aliphatic heterocycles. The molecule has 0 bridgehead atoms. The van der Waals surface area contributed by atoms with Crippen LogP contribution in [0.3, 0.4) is 0 Å². The molecule has 0 amide bonds. The van der Waals surface area contributed by atoms with Crippen molar-refractivity contribution in [1.29, 1.82) is 0 Å². The van der Waals surface area contributed by atoms with E-state index >= 15 is 0 Å². The van der Waals surface area contributed by atoms with Gasteiger partial charge in [0.1, 0.15) is 11.6 Å². The minimum Gasteiger partial charge on any atom is -0.423 e. The van der Waals surface area contributed by atoms with E-state index in [1.165, 1.54) is 0 Å². The van der Waals surface area contributed by atoms with Crippen molar-refractivity contribution in [2.45, 2.75) is 0 Å². The van der Waals surface area contributed by atoms with Gasteiger partial charge in [0.2, 0.25) is 0 Å². The van der Waals surface area contributed by atoms with Crippen LogP contribution >= 0.6 is 0 Å². The van der Waals surface area contributed by atoms with Crippen LogP contribution in [-0.4, -0.2) is 23.5 Å². The SMILES string of the molecule is O=Cc1cc(F)c(B(O)O)cc1F. The molecule has 0 aliphatic rings. The number of carbonyl (C=O) groups excluding carboxylic acids is 1. The molecular formula is C7H5BF2O3. The zero-order valence-electron chi connectivity index (χ0n) is 6.37. The number of halogens is 2. The summed E-state index contributed by atoms with van der Waals surface area (Å²) in [6.07, 6.45) is 0.145. The summed E-state index contributed by atoms with van der Waals surface area (Å²) in [5, 5.41) is 17.1. The second kappa shape index (κ2) is 3.63. The Labute approximate surface area is 72.8 Å². The van der Waals surface area contributed by atoms with E-state index in [1.807, 2.05) is 0 Å². The summed E-state index contributed by atoms with van der Waals surface area (Å²) < 4.78 is 25.6. The molecule has 68 valence electrons. The molecule has 1 aromatic carbocycles. The summed E-state index contributed by atoms with van der Waals surface area (Å²) in [6, 6.07) is 1.18. The highest BCUT2D eigenvalue weighted by Crippen LogP contribution is 2.05. The van der Waals surface area contributed by atoms with Gasteiger partial charge in [-0.05, 0) is 12.1 Å². The smallest absolute Gasteiger partial charge is 0.423 e. The molecule has 1 aromatic rings. The van der Waals surface area contributed by atoms with Gasteiger partial charge in [-0.25, -0.2) is 8.78 Å². The quantitative estimate of drug-likeness (QED) is 0.481. The van der Waals surface area contributed by atoms with Crippen LogP contribution in [0.5, 0.6) is 0 Å². The lowest BCUT2D eigenvalue weighted by molar-refractivity contribution is 0.111. The second-order valence-corrected chi connectivity index (χ2v) is 2.39. The number of carbonyl (C=O) groups is 1. The molecule has 0 radical (unpaired) electrons. The summed E-state index contributed by atoms with van der Waals surface area (Å²) in [4.78, 5) is 10.1. The van der Waals surface area contributed by atoms with E-state index in [2.05, 4.69) is 0 Å². The molecule has 0 saturated heterocycles. The third-order valence-electron chi connectivity index (χ3n) is 1.52. The maximum absolute atomic E-state index is 12.8. The lowest BCUT2D eigenvalue weighted by Gasteiger charge is -2.02. The molecule has 0 unspecified atom stereocenters. The van der Waals surface area contributed by atoms with Crippen molar-refractivity contribution in [2.24, 2.45) is 0 Å². The van der Waals surface area contributed by atoms with Crippen LogP contribution in [0, 0.1) is 11.6 Å². The maximum atomic E-state index is 12.8. The molecule has 0 aliphatic carbocycles. The summed E-state index contributed by atoms with van der Waals surface area (Å²) >= 11 is 0. The summed E-state index contributed by atoms with van der Waals surface area (Å²) in [6.45, 7) is 0. The predicted molar refractivity (Wildman–Crippen MR) is 41.6 cm³/mol. The van der Waals surface area contributed by atoms with Gasteiger partial charge in [-0.1, -0.05) is 0 Å². The van der Waals surface area contributed by atoms with Gasteiger partial charge in [0, 0.05) is 5.46 Å². The van der Waals surface area contributed by atoms with Crippen LogP contribution in [0.2, 0.25) is 0 Å². The molecule has 0 heterocycles. The Hall–Kier alpha value is -1.27. The van der Waals surface area contributed by atoms with E-state index in [4.69, 9.17) is 10.0 Å². The molecule has 6 heteroatoms. The first-order valence-corrected chi connectivity index (χ1v) is 3.36. The Bertz CT molecular complexity index is 341. The number of hydrogen-bond acceptors (Lipinski definition) is 3. The summed E-state index contributed by atoms with van der Waals surface area (Å²) in [5.41, 5.74) is -1.05. The monoisotopic (exact) mass is 186 g/mol. The van der Waals surface area contributed by atoms with Gasteiger partial charge in [-0.3, -0.25) is 4.79 Å². The maximum Gasteiger partial charge on any atom is 0.491 e. The Kier molecular flexibility index (Phi) is 2.74. The topological polar surface area (TPSA) is 57.5 Å². The minimum atomic E-state index is -2.09. The van der Waals surface area contributed by atoms with Gasteiger partial charge in [0.25, 0.3) is 0 Å². The van der Waals surface area contributed by atoms with Gasteiger partial charge in [0.05, 0.1) is 5.56 Å². The third-order valence-corrected chi connectivity index (χ3v) is 1.52. The molecular weight excluding hydrogens is 181 g/mol. The summed E-state index contributed by atoms with van der Waals surface area (Å²) in [7, 11) is -2.09. The standard InChI is InChI=1S/C7H5BF2O3/c9-6-2-5(8(12)13)7(10)1-4(6)3-11/h1-3,12-13H. The normalized spacial score (nSPS) is 9.85. The van der Waals surface area contributed by atoms with E-state index < -0.39 is 29.8 Å². The Morgan fingerprint density at radius 3 is 2.31 bits per heavy atom. The largest absolute Gasteiger partial charge is 0.491 e. The Morgan fingerprint density at radius 2 is 1.85 bits per heavy atom. The van der Waals surface area contributed by atoms with Crippen LogP contribution in [0.15, 0.2) is 12.1 Å². The van der Waals surface area contributed by atoms with Crippen molar-refractivity contribution >= 4 is 18.9 Å². The lowest BCUT2D eigenvalue weighted by atomic mass is 9.79. The van der Waals surface area contributed by atoms with Crippen molar-refractivity contribution < 1.29 is 23.6 Å². The Morgan fingerprint density at radius 1 is 1.23 bits per heavy atom. The first kappa shape index (κ1) is 9.82. The number of aldehydes is 1. The van der Waals surface area contributed by atoms with E-state index in [1.54, 1.807) is 0 Å². The first-order chi connectivity index (χ1) is 6.06. The molecule has 0 spiro atoms. The van der Waals surface area contributed by atoms with Gasteiger partial charge < -0.3 is 10.0 Å². The van der Waals surface area contributed by atoms with Crippen molar-refractivity contribution in [2.75, 3.05) is 0 Å². The molecule has 0 aromatic heterocycles. The highest BCUT2D eigenvalue weighted by molar-refractivity contribution is 6.58. The number of benzene rings is 1. The average molecular weight is 186 g/mol. The fraction of sp³-hybridized carbons (Fsp3) is 0. The van der Waals surface area contributed by atoms with E-state index in [-0.39, 0.29) is 6.29 Å². The molecule has 3 nitrogen and oxygen atoms in total. The van der Waals surface area contributed by atoms with Crippen LogP contribution in [0.1, 0.15) is 10.4 Å². The third kappa shape index (κ3) is 1.91. The fourth-order valence-corrected chi connectivity index (χ4v) is 0.866. The highest BCUT2D eigenvalue weighted by Gasteiger charge is 2.19. The van der Waals surface area contributed by atoms with Crippen molar-refractivity contribution in [1.82, 2.24) is 0 Å². The number of hydrogen-bond donors (Lipinski definition) is 2. The van der Waals surface area contributed by atoms with Crippen LogP contribution < -0.4 is 5.46 Å². The predicted octanol–water partition coefficient (Wildman–Crippen LogP) is -0.543. The van der Waals surface area contributed by atoms with Crippen molar-refractivity contribution in [3.05, 3.63) is 29.3 Å². The van der Waals surface area contributed by atoms with E-state index in [0.717, 1.165) is 0 Å². The zero-order valence-corrected chi connectivity index (χ0v) is 6.37.